The zero-order valence-corrected chi connectivity index (χ0v) is 12.1. The summed E-state index contributed by atoms with van der Waals surface area (Å²) in [5.74, 6) is 1.62. The van der Waals surface area contributed by atoms with Crippen LogP contribution in [0.1, 0.15) is 23.5 Å². The summed E-state index contributed by atoms with van der Waals surface area (Å²) in [6, 6.07) is 1.89. The SMILES string of the molecule is Cc1nc(Br)cc(NCCCc2cn[nH]c2C)n1. The Morgan fingerprint density at radius 2 is 2.17 bits per heavy atom. The van der Waals surface area contributed by atoms with Crippen molar-refractivity contribution in [1.82, 2.24) is 20.2 Å². The van der Waals surface area contributed by atoms with E-state index in [1.54, 1.807) is 0 Å². The summed E-state index contributed by atoms with van der Waals surface area (Å²) in [4.78, 5) is 8.48. The molecule has 0 spiro atoms. The van der Waals surface area contributed by atoms with Gasteiger partial charge in [-0.15, -0.1) is 0 Å². The molecule has 0 aliphatic rings. The molecule has 0 bridgehead atoms. The topological polar surface area (TPSA) is 66.5 Å². The Kier molecular flexibility index (Phi) is 4.30. The van der Waals surface area contributed by atoms with E-state index in [1.165, 1.54) is 5.56 Å². The van der Waals surface area contributed by atoms with Gasteiger partial charge in [-0.2, -0.15) is 5.10 Å². The van der Waals surface area contributed by atoms with E-state index in [1.807, 2.05) is 26.1 Å². The lowest BCUT2D eigenvalue weighted by Crippen LogP contribution is -2.06. The fourth-order valence-electron chi connectivity index (χ4n) is 1.74. The number of aromatic nitrogens is 4. The van der Waals surface area contributed by atoms with Crippen molar-refractivity contribution in [2.45, 2.75) is 26.7 Å². The predicted octanol–water partition coefficient (Wildman–Crippen LogP) is 2.62. The van der Waals surface area contributed by atoms with Crippen LogP contribution in [-0.4, -0.2) is 26.7 Å². The molecule has 0 unspecified atom stereocenters. The first-order valence-electron chi connectivity index (χ1n) is 5.89. The largest absolute Gasteiger partial charge is 0.370 e. The lowest BCUT2D eigenvalue weighted by atomic mass is 10.1. The molecule has 0 saturated carbocycles. The minimum atomic E-state index is 0.762. The molecule has 0 fully saturated rings. The lowest BCUT2D eigenvalue weighted by molar-refractivity contribution is 0.850. The number of aromatic amines is 1. The number of anilines is 1. The van der Waals surface area contributed by atoms with E-state index in [2.05, 4.69) is 41.4 Å². The van der Waals surface area contributed by atoms with Gasteiger partial charge in [-0.25, -0.2) is 9.97 Å². The Morgan fingerprint density at radius 1 is 1.33 bits per heavy atom. The van der Waals surface area contributed by atoms with Crippen LogP contribution in [0.25, 0.3) is 0 Å². The van der Waals surface area contributed by atoms with E-state index >= 15 is 0 Å². The molecule has 0 aliphatic carbocycles. The normalized spacial score (nSPS) is 10.6. The van der Waals surface area contributed by atoms with Crippen LogP contribution in [0.2, 0.25) is 0 Å². The third-order valence-electron chi connectivity index (χ3n) is 2.67. The Hall–Kier alpha value is -1.43. The summed E-state index contributed by atoms with van der Waals surface area (Å²) >= 11 is 3.36. The van der Waals surface area contributed by atoms with Crippen molar-refractivity contribution in [3.63, 3.8) is 0 Å². The third-order valence-corrected chi connectivity index (χ3v) is 3.08. The Bertz CT molecular complexity index is 503. The molecule has 0 radical (unpaired) electrons. The number of hydrogen-bond acceptors (Lipinski definition) is 4. The number of rotatable bonds is 5. The molecular weight excluding hydrogens is 294 g/mol. The molecular formula is C12H16BrN5. The van der Waals surface area contributed by atoms with E-state index in [9.17, 15) is 0 Å². The van der Waals surface area contributed by atoms with Gasteiger partial charge in [0.25, 0.3) is 0 Å². The van der Waals surface area contributed by atoms with Gasteiger partial charge in [0.1, 0.15) is 16.2 Å². The van der Waals surface area contributed by atoms with Gasteiger partial charge >= 0.3 is 0 Å². The number of H-pyrrole nitrogens is 1. The summed E-state index contributed by atoms with van der Waals surface area (Å²) < 4.78 is 0.808. The molecule has 6 heteroatoms. The van der Waals surface area contributed by atoms with Gasteiger partial charge in [0.2, 0.25) is 0 Å². The quantitative estimate of drug-likeness (QED) is 0.658. The van der Waals surface area contributed by atoms with E-state index < -0.39 is 0 Å². The molecule has 0 amide bonds. The van der Waals surface area contributed by atoms with Crippen LogP contribution in [-0.2, 0) is 6.42 Å². The molecule has 96 valence electrons. The lowest BCUT2D eigenvalue weighted by Gasteiger charge is -2.06. The standard InChI is InChI=1S/C12H16BrN5/c1-8-10(7-15-18-8)4-3-5-14-12-6-11(13)16-9(2)17-12/h6-7H,3-5H2,1-2H3,(H,15,18)(H,14,16,17). The fraction of sp³-hybridized carbons (Fsp3) is 0.417. The van der Waals surface area contributed by atoms with E-state index in [0.717, 1.165) is 41.3 Å². The maximum absolute atomic E-state index is 4.32. The van der Waals surface area contributed by atoms with E-state index in [4.69, 9.17) is 0 Å². The van der Waals surface area contributed by atoms with Crippen molar-refractivity contribution in [1.29, 1.82) is 0 Å². The van der Waals surface area contributed by atoms with Crippen LogP contribution < -0.4 is 5.32 Å². The summed E-state index contributed by atoms with van der Waals surface area (Å²) in [6.07, 6.45) is 3.95. The smallest absolute Gasteiger partial charge is 0.130 e. The first kappa shape index (κ1) is 13.0. The Morgan fingerprint density at radius 3 is 2.83 bits per heavy atom. The summed E-state index contributed by atoms with van der Waals surface area (Å²) in [5, 5.41) is 10.3. The number of nitrogens with zero attached hydrogens (tertiary/aromatic N) is 3. The second-order valence-corrected chi connectivity index (χ2v) is 4.99. The van der Waals surface area contributed by atoms with Crippen LogP contribution in [0, 0.1) is 13.8 Å². The average Bonchev–Trinajstić information content (AvgIpc) is 2.69. The summed E-state index contributed by atoms with van der Waals surface area (Å²) in [5.41, 5.74) is 2.42. The second kappa shape index (κ2) is 5.95. The molecule has 0 saturated heterocycles. The van der Waals surface area contributed by atoms with Crippen LogP contribution >= 0.6 is 15.9 Å². The highest BCUT2D eigenvalue weighted by molar-refractivity contribution is 9.10. The van der Waals surface area contributed by atoms with Crippen LogP contribution in [0.5, 0.6) is 0 Å². The molecule has 18 heavy (non-hydrogen) atoms. The van der Waals surface area contributed by atoms with Crippen molar-refractivity contribution in [2.75, 3.05) is 11.9 Å². The van der Waals surface area contributed by atoms with E-state index in [0.29, 0.717) is 0 Å². The maximum Gasteiger partial charge on any atom is 0.130 e. The number of halogens is 1. The predicted molar refractivity (Wildman–Crippen MR) is 74.6 cm³/mol. The van der Waals surface area contributed by atoms with Crippen LogP contribution in [0.4, 0.5) is 5.82 Å². The molecule has 2 N–H and O–H groups in total. The van der Waals surface area contributed by atoms with Crippen molar-refractivity contribution >= 4 is 21.7 Å². The molecule has 2 aromatic heterocycles. The van der Waals surface area contributed by atoms with Crippen LogP contribution in [0.3, 0.4) is 0 Å². The molecule has 2 rings (SSSR count). The minimum absolute atomic E-state index is 0.762. The monoisotopic (exact) mass is 309 g/mol. The summed E-state index contributed by atoms with van der Waals surface area (Å²) in [7, 11) is 0. The van der Waals surface area contributed by atoms with Gasteiger partial charge in [-0.1, -0.05) is 0 Å². The molecule has 2 aromatic rings. The first-order valence-corrected chi connectivity index (χ1v) is 6.68. The molecule has 2 heterocycles. The Balaban J connectivity index is 1.80. The van der Waals surface area contributed by atoms with Gasteiger partial charge in [-0.05, 0) is 48.2 Å². The van der Waals surface area contributed by atoms with Gasteiger partial charge in [0.05, 0.1) is 6.20 Å². The number of hydrogen-bond donors (Lipinski definition) is 2. The summed E-state index contributed by atoms with van der Waals surface area (Å²) in [6.45, 7) is 4.80. The fourth-order valence-corrected chi connectivity index (χ4v) is 2.22. The van der Waals surface area contributed by atoms with E-state index in [-0.39, 0.29) is 0 Å². The molecule has 0 aromatic carbocycles. The molecule has 0 aliphatic heterocycles. The minimum Gasteiger partial charge on any atom is -0.370 e. The van der Waals surface area contributed by atoms with Crippen molar-refractivity contribution < 1.29 is 0 Å². The van der Waals surface area contributed by atoms with Gasteiger partial charge in [-0.3, -0.25) is 5.10 Å². The van der Waals surface area contributed by atoms with Crippen molar-refractivity contribution in [3.05, 3.63) is 33.9 Å². The molecule has 5 nitrogen and oxygen atoms in total. The average molecular weight is 310 g/mol. The van der Waals surface area contributed by atoms with Crippen molar-refractivity contribution in [3.8, 4) is 0 Å². The number of nitrogens with one attached hydrogen (secondary N) is 2. The van der Waals surface area contributed by atoms with Gasteiger partial charge in [0.15, 0.2) is 0 Å². The van der Waals surface area contributed by atoms with Crippen LogP contribution in [0.15, 0.2) is 16.9 Å². The molecule has 0 atom stereocenters. The third kappa shape index (κ3) is 3.53. The highest BCUT2D eigenvalue weighted by atomic mass is 79.9. The first-order chi connectivity index (χ1) is 8.65. The second-order valence-electron chi connectivity index (χ2n) is 4.17. The highest BCUT2D eigenvalue weighted by Gasteiger charge is 2.01. The number of aryl methyl sites for hydroxylation is 3. The highest BCUT2D eigenvalue weighted by Crippen LogP contribution is 2.12. The van der Waals surface area contributed by atoms with Crippen molar-refractivity contribution in [2.24, 2.45) is 0 Å². The Labute approximate surface area is 115 Å². The van der Waals surface area contributed by atoms with Gasteiger partial charge < -0.3 is 5.32 Å². The zero-order valence-electron chi connectivity index (χ0n) is 10.5. The maximum atomic E-state index is 4.32. The zero-order chi connectivity index (χ0) is 13.0. The van der Waals surface area contributed by atoms with Gasteiger partial charge in [0, 0.05) is 18.3 Å².